The molecule has 3 atom stereocenters. The highest BCUT2D eigenvalue weighted by atomic mass is 16.5. The summed E-state index contributed by atoms with van der Waals surface area (Å²) >= 11 is 0. The van der Waals surface area contributed by atoms with Crippen LogP contribution < -0.4 is 10.1 Å². The molecular formula is C18H27NO3. The monoisotopic (exact) mass is 305 g/mol. The van der Waals surface area contributed by atoms with Crippen LogP contribution in [0.5, 0.6) is 5.75 Å². The Bertz CT molecular complexity index is 501. The van der Waals surface area contributed by atoms with Gasteiger partial charge in [-0.05, 0) is 43.9 Å². The summed E-state index contributed by atoms with van der Waals surface area (Å²) in [4.78, 5) is 0. The maximum absolute atomic E-state index is 10.4. The van der Waals surface area contributed by atoms with Gasteiger partial charge in [0.15, 0.2) is 0 Å². The van der Waals surface area contributed by atoms with E-state index in [1.807, 2.05) is 24.3 Å². The van der Waals surface area contributed by atoms with Crippen LogP contribution in [-0.4, -0.2) is 37.5 Å². The zero-order valence-corrected chi connectivity index (χ0v) is 13.5. The maximum Gasteiger partial charge on any atom is 0.119 e. The van der Waals surface area contributed by atoms with E-state index in [-0.39, 0.29) is 0 Å². The van der Waals surface area contributed by atoms with Gasteiger partial charge in [0.2, 0.25) is 0 Å². The summed E-state index contributed by atoms with van der Waals surface area (Å²) in [5.74, 6) is 0.784. The van der Waals surface area contributed by atoms with Crippen LogP contribution in [-0.2, 0) is 4.74 Å². The van der Waals surface area contributed by atoms with Crippen LogP contribution in [0.15, 0.2) is 24.3 Å². The molecule has 2 aliphatic rings. The van der Waals surface area contributed by atoms with Crippen molar-refractivity contribution in [3.8, 4) is 5.75 Å². The number of rotatable bonds is 7. The van der Waals surface area contributed by atoms with Crippen LogP contribution in [0.3, 0.4) is 0 Å². The Balaban J connectivity index is 1.54. The van der Waals surface area contributed by atoms with Crippen LogP contribution in [0.1, 0.15) is 44.3 Å². The molecule has 0 aromatic heterocycles. The molecule has 2 saturated carbocycles. The molecular weight excluding hydrogens is 278 g/mol. The molecule has 2 fully saturated rings. The number of aliphatic hydroxyl groups is 1. The summed E-state index contributed by atoms with van der Waals surface area (Å²) in [5.41, 5.74) is 1.24. The van der Waals surface area contributed by atoms with Gasteiger partial charge in [-0.3, -0.25) is 0 Å². The second-order valence-electron chi connectivity index (χ2n) is 6.52. The predicted octanol–water partition coefficient (Wildman–Crippen LogP) is 2.67. The van der Waals surface area contributed by atoms with Gasteiger partial charge in [-0.1, -0.05) is 18.6 Å². The number of benzene rings is 1. The van der Waals surface area contributed by atoms with Crippen LogP contribution in [0.25, 0.3) is 0 Å². The van der Waals surface area contributed by atoms with E-state index in [2.05, 4.69) is 12.2 Å². The van der Waals surface area contributed by atoms with Crippen molar-refractivity contribution in [2.24, 2.45) is 5.41 Å². The highest BCUT2D eigenvalue weighted by Crippen LogP contribution is 2.57. The molecule has 122 valence electrons. The molecule has 1 aromatic rings. The van der Waals surface area contributed by atoms with Gasteiger partial charge in [0.05, 0.1) is 19.3 Å². The summed E-state index contributed by atoms with van der Waals surface area (Å²) in [7, 11) is 1.65. The van der Waals surface area contributed by atoms with Gasteiger partial charge in [0.1, 0.15) is 5.75 Å². The predicted molar refractivity (Wildman–Crippen MR) is 86.1 cm³/mol. The Morgan fingerprint density at radius 2 is 2.23 bits per heavy atom. The van der Waals surface area contributed by atoms with Gasteiger partial charge < -0.3 is 19.9 Å². The van der Waals surface area contributed by atoms with Crippen molar-refractivity contribution < 1.29 is 14.6 Å². The van der Waals surface area contributed by atoms with E-state index in [1.54, 1.807) is 7.11 Å². The van der Waals surface area contributed by atoms with Crippen molar-refractivity contribution in [1.29, 1.82) is 0 Å². The third kappa shape index (κ3) is 2.75. The van der Waals surface area contributed by atoms with Gasteiger partial charge in [-0.25, -0.2) is 0 Å². The molecule has 0 heterocycles. The first-order valence-electron chi connectivity index (χ1n) is 8.36. The minimum atomic E-state index is -0.502. The number of hydrogen-bond acceptors (Lipinski definition) is 4. The van der Waals surface area contributed by atoms with Crippen molar-refractivity contribution in [2.45, 2.75) is 50.9 Å². The fraction of sp³-hybridized carbons (Fsp3) is 0.667. The first kappa shape index (κ1) is 15.8. The number of aliphatic hydroxyl groups excluding tert-OH is 1. The van der Waals surface area contributed by atoms with Crippen molar-refractivity contribution in [3.05, 3.63) is 29.8 Å². The van der Waals surface area contributed by atoms with Crippen molar-refractivity contribution in [3.63, 3.8) is 0 Å². The molecule has 22 heavy (non-hydrogen) atoms. The number of nitrogens with one attached hydrogen (secondary N) is 1. The molecule has 0 aliphatic heterocycles. The molecule has 1 spiro atoms. The molecule has 0 saturated heterocycles. The molecule has 0 radical (unpaired) electrons. The molecule has 0 bridgehead atoms. The fourth-order valence-corrected chi connectivity index (χ4v) is 3.95. The van der Waals surface area contributed by atoms with E-state index in [0.29, 0.717) is 24.1 Å². The highest BCUT2D eigenvalue weighted by Gasteiger charge is 2.58. The van der Waals surface area contributed by atoms with Crippen molar-refractivity contribution in [1.82, 2.24) is 5.32 Å². The average Bonchev–Trinajstić information content (AvgIpc) is 2.48. The average molecular weight is 305 g/mol. The van der Waals surface area contributed by atoms with E-state index in [1.165, 1.54) is 19.3 Å². The van der Waals surface area contributed by atoms with E-state index >= 15 is 0 Å². The second-order valence-corrected chi connectivity index (χ2v) is 6.52. The number of ether oxygens (including phenoxy) is 2. The number of hydrogen-bond donors (Lipinski definition) is 2. The normalized spacial score (nSPS) is 27.0. The molecule has 1 aromatic carbocycles. The van der Waals surface area contributed by atoms with Crippen LogP contribution in [0.2, 0.25) is 0 Å². The molecule has 0 amide bonds. The smallest absolute Gasteiger partial charge is 0.119 e. The van der Waals surface area contributed by atoms with E-state index in [4.69, 9.17) is 9.47 Å². The standard InChI is InChI=1S/C18H27NO3/c1-3-22-17-11-16(18(17)8-5-9-18)19-12-15(20)13-6-4-7-14(10-13)21-2/h4,6-7,10,15-17,19-20H,3,5,8-9,11-12H2,1-2H3. The summed E-state index contributed by atoms with van der Waals surface area (Å²) < 4.78 is 11.1. The SMILES string of the molecule is CCOC1CC(NCC(O)c2cccc(OC)c2)C12CCC2. The Labute approximate surface area is 132 Å². The maximum atomic E-state index is 10.4. The Hall–Kier alpha value is -1.10. The van der Waals surface area contributed by atoms with Crippen molar-refractivity contribution in [2.75, 3.05) is 20.3 Å². The fourth-order valence-electron chi connectivity index (χ4n) is 3.95. The minimum Gasteiger partial charge on any atom is -0.497 e. The Morgan fingerprint density at radius 3 is 2.86 bits per heavy atom. The molecule has 2 aliphatic carbocycles. The van der Waals surface area contributed by atoms with Gasteiger partial charge >= 0.3 is 0 Å². The number of methoxy groups -OCH3 is 1. The van der Waals surface area contributed by atoms with E-state index < -0.39 is 6.10 Å². The van der Waals surface area contributed by atoms with Crippen LogP contribution in [0.4, 0.5) is 0 Å². The van der Waals surface area contributed by atoms with E-state index in [9.17, 15) is 5.11 Å². The lowest BCUT2D eigenvalue weighted by Crippen LogP contribution is -2.67. The lowest BCUT2D eigenvalue weighted by Gasteiger charge is -2.61. The van der Waals surface area contributed by atoms with Crippen LogP contribution in [0, 0.1) is 5.41 Å². The van der Waals surface area contributed by atoms with Gasteiger partial charge in [0.25, 0.3) is 0 Å². The van der Waals surface area contributed by atoms with Crippen LogP contribution >= 0.6 is 0 Å². The topological polar surface area (TPSA) is 50.7 Å². The quantitative estimate of drug-likeness (QED) is 0.813. The summed E-state index contributed by atoms with van der Waals surface area (Å²) in [6, 6.07) is 8.13. The van der Waals surface area contributed by atoms with Gasteiger partial charge in [0, 0.05) is 24.6 Å². The lowest BCUT2D eigenvalue weighted by molar-refractivity contribution is -0.173. The summed E-state index contributed by atoms with van der Waals surface area (Å²) in [5, 5.41) is 14.0. The molecule has 4 heteroatoms. The zero-order valence-electron chi connectivity index (χ0n) is 13.5. The zero-order chi connectivity index (χ0) is 15.6. The third-order valence-electron chi connectivity index (χ3n) is 5.47. The second kappa shape index (κ2) is 6.57. The Morgan fingerprint density at radius 1 is 1.41 bits per heavy atom. The largest absolute Gasteiger partial charge is 0.497 e. The molecule has 2 N–H and O–H groups in total. The first-order valence-corrected chi connectivity index (χ1v) is 8.36. The molecule has 3 rings (SSSR count). The van der Waals surface area contributed by atoms with Gasteiger partial charge in [-0.2, -0.15) is 0 Å². The third-order valence-corrected chi connectivity index (χ3v) is 5.47. The lowest BCUT2D eigenvalue weighted by atomic mass is 9.51. The first-order chi connectivity index (χ1) is 10.7. The molecule has 4 nitrogen and oxygen atoms in total. The van der Waals surface area contributed by atoms with E-state index in [0.717, 1.165) is 24.3 Å². The van der Waals surface area contributed by atoms with Crippen molar-refractivity contribution >= 4 is 0 Å². The summed E-state index contributed by atoms with van der Waals surface area (Å²) in [6.45, 7) is 3.45. The summed E-state index contributed by atoms with van der Waals surface area (Å²) in [6.07, 6.45) is 4.80. The highest BCUT2D eigenvalue weighted by molar-refractivity contribution is 5.30. The Kier molecular flexibility index (Phi) is 4.71. The minimum absolute atomic E-state index is 0.337. The van der Waals surface area contributed by atoms with Gasteiger partial charge in [-0.15, -0.1) is 0 Å². The molecule has 3 unspecified atom stereocenters.